The Bertz CT molecular complexity index is 2060. The van der Waals surface area contributed by atoms with E-state index in [1.54, 1.807) is 11.6 Å². The summed E-state index contributed by atoms with van der Waals surface area (Å²) in [6.07, 6.45) is 3.12. The van der Waals surface area contributed by atoms with Crippen molar-refractivity contribution >= 4 is 38.5 Å². The molecule has 202 valence electrons. The molecule has 0 unspecified atom stereocenters. The van der Waals surface area contributed by atoms with Gasteiger partial charge in [0.25, 0.3) is 5.56 Å². The average Bonchev–Trinajstić information content (AvgIpc) is 3.49. The topological polar surface area (TPSA) is 99.4 Å². The molecule has 0 N–H and O–H groups in total. The minimum atomic E-state index is -0.109. The first-order valence-corrected chi connectivity index (χ1v) is 13.7. The number of rotatable bonds is 6. The maximum Gasteiger partial charge on any atom is 0.258 e. The quantitative estimate of drug-likeness (QED) is 0.232. The lowest BCUT2D eigenvalue weighted by Crippen LogP contribution is -2.15. The molecule has 0 radical (unpaired) electrons. The number of aryl methyl sites for hydroxylation is 5. The molecule has 0 aliphatic carbocycles. The van der Waals surface area contributed by atoms with E-state index in [9.17, 15) is 9.70 Å². The molecule has 0 aliphatic rings. The lowest BCUT2D eigenvalue weighted by molar-refractivity contribution is 0.753. The zero-order chi connectivity index (χ0) is 28.1. The Morgan fingerprint density at radius 1 is 0.800 bits per heavy atom. The molecule has 3 aromatic heterocycles. The molecule has 3 aromatic carbocycles. The first kappa shape index (κ1) is 25.6. The molecule has 0 spiro atoms. The number of para-hydroxylation sites is 2. The van der Waals surface area contributed by atoms with Crippen LogP contribution in [0, 0.1) is 18.8 Å². The zero-order valence-corrected chi connectivity index (χ0v) is 23.4. The number of hydrogen-bond acceptors (Lipinski definition) is 6. The lowest BCUT2D eigenvalue weighted by atomic mass is 10.1. The Morgan fingerprint density at radius 3 is 2.23 bits per heavy atom. The second-order valence-electron chi connectivity index (χ2n) is 10.4. The van der Waals surface area contributed by atoms with E-state index >= 15 is 0 Å². The Labute approximate surface area is 230 Å². The lowest BCUT2D eigenvalue weighted by Gasteiger charge is -2.10. The van der Waals surface area contributed by atoms with Gasteiger partial charge >= 0.3 is 0 Å². The molecule has 2 bridgehead atoms. The van der Waals surface area contributed by atoms with Crippen LogP contribution in [0.15, 0.2) is 58.6 Å². The fraction of sp³-hybridized carbons (Fsp3) is 0.290. The van der Waals surface area contributed by atoms with Crippen LogP contribution >= 0.6 is 0 Å². The van der Waals surface area contributed by atoms with E-state index in [1.165, 1.54) is 4.68 Å². The van der Waals surface area contributed by atoms with Gasteiger partial charge in [0.2, 0.25) is 0 Å². The van der Waals surface area contributed by atoms with Crippen LogP contribution in [-0.2, 0) is 19.9 Å². The molecule has 0 saturated carbocycles. The molecule has 0 atom stereocenters. The number of aromatic nitrogens is 6. The molecule has 3 heterocycles. The van der Waals surface area contributed by atoms with E-state index in [-0.39, 0.29) is 5.56 Å². The Balaban J connectivity index is 1.87. The van der Waals surface area contributed by atoms with Crippen LogP contribution in [0.1, 0.15) is 49.5 Å². The first-order chi connectivity index (χ1) is 19.4. The highest BCUT2D eigenvalue weighted by molar-refractivity contribution is 5.89. The second-order valence-corrected chi connectivity index (χ2v) is 10.4. The number of imidazole rings is 2. The fourth-order valence-electron chi connectivity index (χ4n) is 5.64. The van der Waals surface area contributed by atoms with Gasteiger partial charge in [0, 0.05) is 30.8 Å². The summed E-state index contributed by atoms with van der Waals surface area (Å²) in [4.78, 5) is 40.6. The van der Waals surface area contributed by atoms with Crippen LogP contribution in [0.3, 0.4) is 0 Å². The first-order valence-electron chi connectivity index (χ1n) is 13.7. The third kappa shape index (κ3) is 3.92. The van der Waals surface area contributed by atoms with Crippen LogP contribution in [-0.4, -0.2) is 28.6 Å². The smallest absolute Gasteiger partial charge is 0.258 e. The average molecular weight is 534 g/mol. The van der Waals surface area contributed by atoms with E-state index in [2.05, 4.69) is 29.6 Å². The summed E-state index contributed by atoms with van der Waals surface area (Å²) in [5.74, 6) is 2.17. The minimum absolute atomic E-state index is 0.109. The van der Waals surface area contributed by atoms with Gasteiger partial charge in [-0.2, -0.15) is 4.68 Å². The van der Waals surface area contributed by atoms with Crippen molar-refractivity contribution in [3.8, 4) is 11.4 Å². The predicted octanol–water partition coefficient (Wildman–Crippen LogP) is 6.36. The van der Waals surface area contributed by atoms with Crippen LogP contribution < -0.4 is 5.56 Å². The minimum Gasteiger partial charge on any atom is -0.309 e. The van der Waals surface area contributed by atoms with E-state index < -0.39 is 0 Å². The summed E-state index contributed by atoms with van der Waals surface area (Å²) >= 11 is 0. The predicted molar refractivity (Wildman–Crippen MR) is 159 cm³/mol. The molecule has 6 rings (SSSR count). The standard InChI is InChI=1S/C31H31N7O2/c1-6-10-26-33-28-19(4)15-21-17-24(28)37(26)30(32-22-12-8-9-13-23(22)36(5)31(21)39)20-14-18(3)29-25(16-20)38(35-40)27(34-29)11-7-2/h8-9,12-17H,6-7,10-11H2,1-5H3. The van der Waals surface area contributed by atoms with Gasteiger partial charge < -0.3 is 4.57 Å². The van der Waals surface area contributed by atoms with Crippen LogP contribution in [0.25, 0.3) is 49.9 Å². The van der Waals surface area contributed by atoms with Crippen molar-refractivity contribution in [3.63, 3.8) is 0 Å². The van der Waals surface area contributed by atoms with Gasteiger partial charge in [0.15, 0.2) is 0 Å². The molecule has 9 nitrogen and oxygen atoms in total. The molecular weight excluding hydrogens is 502 g/mol. The summed E-state index contributed by atoms with van der Waals surface area (Å²) in [6, 6.07) is 15.5. The Kier molecular flexibility index (Phi) is 6.29. The van der Waals surface area contributed by atoms with Gasteiger partial charge in [-0.15, -0.1) is 4.91 Å². The third-order valence-corrected chi connectivity index (χ3v) is 7.53. The maximum absolute atomic E-state index is 13.6. The van der Waals surface area contributed by atoms with Crippen molar-refractivity contribution in [1.29, 1.82) is 0 Å². The number of benzene rings is 3. The molecule has 0 amide bonds. The van der Waals surface area contributed by atoms with Gasteiger partial charge in [-0.05, 0) is 74.2 Å². The number of nitrogens with zero attached hydrogens (tertiary/aromatic N) is 7. The SMILES string of the molecule is CCCc1nc2c(C)cc(-c3nc4ccccc4n(C)c(=O)c4cc(C)c5nc(CCC)n3c5c4)cc2n1N=O. The molecular formula is C31H31N7O2. The highest BCUT2D eigenvalue weighted by Crippen LogP contribution is 2.31. The number of fused-ring (bicyclic) bond motifs is 3. The maximum atomic E-state index is 13.6. The van der Waals surface area contributed by atoms with Gasteiger partial charge in [-0.25, -0.2) is 15.0 Å². The summed E-state index contributed by atoms with van der Waals surface area (Å²) < 4.78 is 5.12. The van der Waals surface area contributed by atoms with Crippen LogP contribution in [0.5, 0.6) is 0 Å². The van der Waals surface area contributed by atoms with E-state index in [0.717, 1.165) is 58.3 Å². The summed E-state index contributed by atoms with van der Waals surface area (Å²) in [7, 11) is 1.77. The molecule has 40 heavy (non-hydrogen) atoms. The van der Waals surface area contributed by atoms with Gasteiger partial charge in [0.1, 0.15) is 17.5 Å². The van der Waals surface area contributed by atoms with Crippen molar-refractivity contribution in [3.05, 3.63) is 86.6 Å². The number of hydrogen-bond donors (Lipinski definition) is 0. The monoisotopic (exact) mass is 533 g/mol. The molecule has 0 aliphatic heterocycles. The van der Waals surface area contributed by atoms with Gasteiger partial charge in [-0.3, -0.25) is 9.20 Å². The van der Waals surface area contributed by atoms with E-state index in [1.807, 2.05) is 56.3 Å². The van der Waals surface area contributed by atoms with Gasteiger partial charge in [0.05, 0.1) is 38.4 Å². The number of nitroso groups, excluding NO2 is 1. The van der Waals surface area contributed by atoms with Gasteiger partial charge in [-0.1, -0.05) is 26.0 Å². The van der Waals surface area contributed by atoms with Crippen molar-refractivity contribution in [2.24, 2.45) is 12.3 Å². The molecule has 0 saturated heterocycles. The highest BCUT2D eigenvalue weighted by Gasteiger charge is 2.19. The highest BCUT2D eigenvalue weighted by atomic mass is 16.3. The normalized spacial score (nSPS) is 11.7. The van der Waals surface area contributed by atoms with E-state index in [4.69, 9.17) is 15.0 Å². The zero-order valence-electron chi connectivity index (χ0n) is 23.4. The van der Waals surface area contributed by atoms with Crippen LogP contribution in [0.2, 0.25) is 0 Å². The Morgan fingerprint density at radius 2 is 1.48 bits per heavy atom. The molecule has 6 aromatic rings. The molecule has 0 fully saturated rings. The van der Waals surface area contributed by atoms with Crippen molar-refractivity contribution in [1.82, 2.24) is 28.6 Å². The summed E-state index contributed by atoms with van der Waals surface area (Å²) in [5, 5.41) is 3.92. The van der Waals surface area contributed by atoms with E-state index in [0.29, 0.717) is 40.0 Å². The van der Waals surface area contributed by atoms with Crippen LogP contribution in [0.4, 0.5) is 0 Å². The summed E-state index contributed by atoms with van der Waals surface area (Å²) in [6.45, 7) is 8.15. The summed E-state index contributed by atoms with van der Waals surface area (Å²) in [5.41, 5.74) is 6.97. The molecule has 9 heteroatoms. The fourth-order valence-corrected chi connectivity index (χ4v) is 5.64. The van der Waals surface area contributed by atoms with Crippen molar-refractivity contribution < 1.29 is 0 Å². The Hall–Kier alpha value is -4.66. The largest absolute Gasteiger partial charge is 0.309 e. The third-order valence-electron chi connectivity index (χ3n) is 7.53. The van der Waals surface area contributed by atoms with Crippen molar-refractivity contribution in [2.45, 2.75) is 53.4 Å². The van der Waals surface area contributed by atoms with Crippen molar-refractivity contribution in [2.75, 3.05) is 0 Å². The second kappa shape index (κ2) is 9.82.